The summed E-state index contributed by atoms with van der Waals surface area (Å²) in [5.74, 6) is 1.78. The Morgan fingerprint density at radius 3 is 2.82 bits per heavy atom. The van der Waals surface area contributed by atoms with Crippen molar-refractivity contribution in [2.75, 3.05) is 6.54 Å². The molecule has 94 valence electrons. The summed E-state index contributed by atoms with van der Waals surface area (Å²) in [7, 11) is 5.39. The largest absolute Gasteiger partial charge is 2.00 e. The van der Waals surface area contributed by atoms with Gasteiger partial charge in [0.1, 0.15) is 0 Å². The van der Waals surface area contributed by atoms with E-state index in [0.29, 0.717) is 11.7 Å². The van der Waals surface area contributed by atoms with Gasteiger partial charge in [0.05, 0.1) is 7.28 Å². The van der Waals surface area contributed by atoms with Crippen molar-refractivity contribution in [3.63, 3.8) is 0 Å². The fourth-order valence-electron chi connectivity index (χ4n) is 3.15. The van der Waals surface area contributed by atoms with Gasteiger partial charge in [0.2, 0.25) is 0 Å². The zero-order valence-electron chi connectivity index (χ0n) is 10.3. The molecule has 0 spiro atoms. The SMILES string of the molecule is [CH2-]OC(=O)N1[CH-]C([B]C)C2CCCCC2C1.[Mn+2]. The summed E-state index contributed by atoms with van der Waals surface area (Å²) in [5.41, 5.74) is 0. The second kappa shape index (κ2) is 6.70. The summed E-state index contributed by atoms with van der Waals surface area (Å²) < 4.78 is 4.55. The molecule has 1 saturated carbocycles. The summed E-state index contributed by atoms with van der Waals surface area (Å²) in [5, 5.41) is 0. The maximum absolute atomic E-state index is 11.5. The minimum atomic E-state index is -0.323. The van der Waals surface area contributed by atoms with Crippen LogP contribution in [0, 0.1) is 25.5 Å². The van der Waals surface area contributed by atoms with Gasteiger partial charge in [0.25, 0.3) is 0 Å². The normalized spacial score (nSPS) is 32.1. The van der Waals surface area contributed by atoms with Crippen molar-refractivity contribution < 1.29 is 26.6 Å². The average Bonchev–Trinajstić information content (AvgIpc) is 2.36. The van der Waals surface area contributed by atoms with E-state index in [1.807, 2.05) is 6.54 Å². The second-order valence-corrected chi connectivity index (χ2v) is 4.83. The molecule has 1 heterocycles. The van der Waals surface area contributed by atoms with Gasteiger partial charge in [0.15, 0.2) is 0 Å². The Balaban J connectivity index is 0.00000144. The molecule has 2 aliphatic rings. The minimum Gasteiger partial charge on any atom is -0.626 e. The van der Waals surface area contributed by atoms with E-state index in [9.17, 15) is 4.79 Å². The van der Waals surface area contributed by atoms with Crippen LogP contribution in [0.25, 0.3) is 0 Å². The Labute approximate surface area is 115 Å². The standard InChI is InChI=1S/C12H19BNO2.Mn/c1-13-11-8-14(12(15)16-2)7-9-5-3-4-6-10(9)11;/h8-11H,2-7H2,1H3;/q-2;+2. The van der Waals surface area contributed by atoms with E-state index in [-0.39, 0.29) is 23.2 Å². The fraction of sp³-hybridized carbons (Fsp3) is 0.750. The Morgan fingerprint density at radius 1 is 1.47 bits per heavy atom. The summed E-state index contributed by atoms with van der Waals surface area (Å²) >= 11 is 0. The topological polar surface area (TPSA) is 29.5 Å². The Kier molecular flexibility index (Phi) is 5.88. The zero-order chi connectivity index (χ0) is 11.5. The van der Waals surface area contributed by atoms with Crippen molar-refractivity contribution in [1.29, 1.82) is 0 Å². The van der Waals surface area contributed by atoms with Crippen LogP contribution in [0.5, 0.6) is 0 Å². The first kappa shape index (κ1) is 14.9. The van der Waals surface area contributed by atoms with E-state index in [1.165, 1.54) is 25.7 Å². The number of carbonyl (C=O) groups is 1. The molecule has 0 aromatic rings. The summed E-state index contributed by atoms with van der Waals surface area (Å²) in [6, 6.07) is 0. The van der Waals surface area contributed by atoms with Crippen LogP contribution in [0.15, 0.2) is 0 Å². The van der Waals surface area contributed by atoms with Crippen LogP contribution in [0.1, 0.15) is 25.7 Å². The number of fused-ring (bicyclic) bond motifs is 1. The number of hydrogen-bond donors (Lipinski definition) is 0. The summed E-state index contributed by atoms with van der Waals surface area (Å²) in [6.45, 7) is 4.90. The van der Waals surface area contributed by atoms with Crippen molar-refractivity contribution in [1.82, 2.24) is 4.90 Å². The van der Waals surface area contributed by atoms with E-state index in [4.69, 9.17) is 0 Å². The van der Waals surface area contributed by atoms with E-state index >= 15 is 0 Å². The monoisotopic (exact) mass is 275 g/mol. The number of ether oxygens (including phenoxy) is 1. The molecule has 1 amide bonds. The number of rotatable bonds is 1. The van der Waals surface area contributed by atoms with Gasteiger partial charge in [-0.3, -0.25) is 0 Å². The number of amides is 1. The third-order valence-electron chi connectivity index (χ3n) is 3.99. The number of likely N-dealkylation sites (tertiary alicyclic amines) is 1. The van der Waals surface area contributed by atoms with Gasteiger partial charge in [-0.05, 0) is 18.9 Å². The van der Waals surface area contributed by atoms with Gasteiger partial charge < -0.3 is 9.64 Å². The fourth-order valence-corrected chi connectivity index (χ4v) is 3.15. The van der Waals surface area contributed by atoms with Gasteiger partial charge in [-0.25, -0.2) is 11.3 Å². The molecule has 17 heavy (non-hydrogen) atoms. The maximum Gasteiger partial charge on any atom is 2.00 e. The van der Waals surface area contributed by atoms with Crippen LogP contribution in [0.4, 0.5) is 4.79 Å². The van der Waals surface area contributed by atoms with Gasteiger partial charge in [-0.1, -0.05) is 32.0 Å². The first-order valence-corrected chi connectivity index (χ1v) is 6.13. The molecule has 1 aliphatic heterocycles. The number of nitrogens with zero attached hydrogens (tertiary/aromatic N) is 1. The van der Waals surface area contributed by atoms with Gasteiger partial charge >= 0.3 is 23.2 Å². The molecule has 2 fully saturated rings. The summed E-state index contributed by atoms with van der Waals surface area (Å²) in [6.07, 6.45) is 4.84. The van der Waals surface area contributed by atoms with E-state index in [0.717, 1.165) is 12.5 Å². The third-order valence-corrected chi connectivity index (χ3v) is 3.99. The molecule has 5 heteroatoms. The molecule has 0 bridgehead atoms. The quantitative estimate of drug-likeness (QED) is 0.544. The van der Waals surface area contributed by atoms with Crippen molar-refractivity contribution >= 4 is 13.4 Å². The summed E-state index contributed by atoms with van der Waals surface area (Å²) in [4.78, 5) is 13.2. The molecule has 0 aromatic heterocycles. The van der Waals surface area contributed by atoms with Crippen LogP contribution >= 0.6 is 0 Å². The van der Waals surface area contributed by atoms with Crippen LogP contribution in [-0.2, 0) is 21.8 Å². The van der Waals surface area contributed by atoms with Crippen molar-refractivity contribution in [2.45, 2.75) is 38.3 Å². The molecular weight excluding hydrogens is 256 g/mol. The van der Waals surface area contributed by atoms with Crippen molar-refractivity contribution in [3.8, 4) is 0 Å². The number of carbonyl (C=O) groups excluding carboxylic acids is 1. The van der Waals surface area contributed by atoms with Crippen molar-refractivity contribution in [2.24, 2.45) is 11.8 Å². The van der Waals surface area contributed by atoms with E-state index in [2.05, 4.69) is 25.9 Å². The Bertz CT molecular complexity index is 257. The predicted octanol–water partition coefficient (Wildman–Crippen LogP) is 2.74. The van der Waals surface area contributed by atoms with Crippen LogP contribution in [-0.4, -0.2) is 24.8 Å². The number of piperidine rings is 1. The number of hydrogen-bond acceptors (Lipinski definition) is 2. The molecule has 2 rings (SSSR count). The molecule has 3 atom stereocenters. The molecule has 1 aliphatic carbocycles. The molecule has 2 radical (unpaired) electrons. The Morgan fingerprint density at radius 2 is 2.18 bits per heavy atom. The molecule has 3 unspecified atom stereocenters. The Hall–Kier alpha value is -0.146. The molecule has 1 saturated heterocycles. The van der Waals surface area contributed by atoms with Crippen LogP contribution in [0.3, 0.4) is 0 Å². The maximum atomic E-state index is 11.5. The first-order valence-electron chi connectivity index (χ1n) is 6.13. The van der Waals surface area contributed by atoms with Gasteiger partial charge in [-0.15, -0.1) is 0 Å². The molecule has 0 aromatic carbocycles. The molecule has 0 N–H and O–H groups in total. The second-order valence-electron chi connectivity index (χ2n) is 4.83. The zero-order valence-corrected chi connectivity index (χ0v) is 11.5. The third kappa shape index (κ3) is 3.20. The smallest absolute Gasteiger partial charge is 0.626 e. The van der Waals surface area contributed by atoms with Gasteiger partial charge in [0, 0.05) is 0 Å². The van der Waals surface area contributed by atoms with E-state index in [1.54, 1.807) is 4.90 Å². The first-order chi connectivity index (χ1) is 7.76. The average molecular weight is 275 g/mol. The predicted molar refractivity (Wildman–Crippen MR) is 63.7 cm³/mol. The van der Waals surface area contributed by atoms with Gasteiger partial charge in [-0.2, -0.15) is 12.9 Å². The van der Waals surface area contributed by atoms with E-state index < -0.39 is 0 Å². The van der Waals surface area contributed by atoms with Crippen LogP contribution in [0.2, 0.25) is 12.6 Å². The van der Waals surface area contributed by atoms with Crippen molar-refractivity contribution in [3.05, 3.63) is 13.7 Å². The molecule has 3 nitrogen and oxygen atoms in total. The molecular formula is C12H19BMnNO2. The van der Waals surface area contributed by atoms with Crippen LogP contribution < -0.4 is 0 Å². The minimum absolute atomic E-state index is 0.